The first kappa shape index (κ1) is 10.0. The van der Waals surface area contributed by atoms with Crippen LogP contribution in [-0.2, 0) is 0 Å². The van der Waals surface area contributed by atoms with Crippen molar-refractivity contribution in [3.05, 3.63) is 0 Å². The lowest BCUT2D eigenvalue weighted by atomic mass is 9.80. The van der Waals surface area contributed by atoms with Gasteiger partial charge in [-0.1, -0.05) is 40.0 Å². The first-order chi connectivity index (χ1) is 5.67. The standard InChI is InChI=1S/C11H23N/c1-4-9-7-11(5-2,6-3)8-10(9)12/h9-10H,4-8,12H2,1-3H3. The normalized spacial score (nSPS) is 34.0. The molecule has 12 heavy (non-hydrogen) atoms. The molecule has 2 atom stereocenters. The first-order valence-corrected chi connectivity index (χ1v) is 5.43. The monoisotopic (exact) mass is 169 g/mol. The van der Waals surface area contributed by atoms with Crippen LogP contribution in [0.15, 0.2) is 0 Å². The Labute approximate surface area is 76.7 Å². The van der Waals surface area contributed by atoms with E-state index < -0.39 is 0 Å². The molecule has 1 fully saturated rings. The molecular formula is C11H23N. The molecule has 1 heteroatoms. The highest BCUT2D eigenvalue weighted by Gasteiger charge is 2.40. The molecule has 1 aliphatic carbocycles. The Morgan fingerprint density at radius 2 is 1.75 bits per heavy atom. The molecule has 0 saturated heterocycles. The molecule has 0 aromatic rings. The van der Waals surface area contributed by atoms with E-state index >= 15 is 0 Å². The van der Waals surface area contributed by atoms with Gasteiger partial charge in [-0.05, 0) is 24.2 Å². The Morgan fingerprint density at radius 1 is 1.17 bits per heavy atom. The highest BCUT2D eigenvalue weighted by molar-refractivity contribution is 4.94. The third kappa shape index (κ3) is 1.66. The average Bonchev–Trinajstić information content (AvgIpc) is 2.43. The van der Waals surface area contributed by atoms with Crippen molar-refractivity contribution in [2.75, 3.05) is 0 Å². The molecule has 0 amide bonds. The lowest BCUT2D eigenvalue weighted by Crippen LogP contribution is -2.24. The van der Waals surface area contributed by atoms with Crippen molar-refractivity contribution >= 4 is 0 Å². The van der Waals surface area contributed by atoms with Gasteiger partial charge in [0.2, 0.25) is 0 Å². The Balaban J connectivity index is 2.61. The minimum Gasteiger partial charge on any atom is -0.327 e. The van der Waals surface area contributed by atoms with E-state index in [1.165, 1.54) is 32.1 Å². The van der Waals surface area contributed by atoms with E-state index in [0.717, 1.165) is 5.92 Å². The Hall–Kier alpha value is -0.0400. The van der Waals surface area contributed by atoms with Crippen molar-refractivity contribution in [3.63, 3.8) is 0 Å². The van der Waals surface area contributed by atoms with Crippen LogP contribution in [0.2, 0.25) is 0 Å². The van der Waals surface area contributed by atoms with E-state index in [1.807, 2.05) is 0 Å². The van der Waals surface area contributed by atoms with Gasteiger partial charge in [-0.2, -0.15) is 0 Å². The molecule has 0 aliphatic heterocycles. The zero-order valence-electron chi connectivity index (χ0n) is 8.77. The van der Waals surface area contributed by atoms with E-state index in [9.17, 15) is 0 Å². The Morgan fingerprint density at radius 3 is 2.00 bits per heavy atom. The highest BCUT2D eigenvalue weighted by Crippen LogP contribution is 2.46. The summed E-state index contributed by atoms with van der Waals surface area (Å²) >= 11 is 0. The van der Waals surface area contributed by atoms with Crippen LogP contribution in [0, 0.1) is 11.3 Å². The average molecular weight is 169 g/mol. The second-order valence-electron chi connectivity index (χ2n) is 4.45. The van der Waals surface area contributed by atoms with E-state index in [1.54, 1.807) is 0 Å². The maximum Gasteiger partial charge on any atom is 0.00725 e. The quantitative estimate of drug-likeness (QED) is 0.690. The van der Waals surface area contributed by atoms with Crippen molar-refractivity contribution in [3.8, 4) is 0 Å². The minimum absolute atomic E-state index is 0.481. The third-order valence-corrected chi connectivity index (χ3v) is 3.99. The van der Waals surface area contributed by atoms with Gasteiger partial charge in [-0.3, -0.25) is 0 Å². The van der Waals surface area contributed by atoms with Crippen molar-refractivity contribution in [1.29, 1.82) is 0 Å². The van der Waals surface area contributed by atoms with Crippen LogP contribution in [0.25, 0.3) is 0 Å². The number of hydrogen-bond donors (Lipinski definition) is 1. The van der Waals surface area contributed by atoms with E-state index in [0.29, 0.717) is 11.5 Å². The molecule has 0 radical (unpaired) electrons. The maximum atomic E-state index is 6.12. The van der Waals surface area contributed by atoms with Gasteiger partial charge < -0.3 is 5.73 Å². The van der Waals surface area contributed by atoms with Gasteiger partial charge in [0.1, 0.15) is 0 Å². The zero-order valence-corrected chi connectivity index (χ0v) is 8.77. The van der Waals surface area contributed by atoms with Crippen LogP contribution < -0.4 is 5.73 Å². The molecule has 2 unspecified atom stereocenters. The molecule has 0 aromatic carbocycles. The molecule has 0 aromatic heterocycles. The molecule has 72 valence electrons. The summed E-state index contributed by atoms with van der Waals surface area (Å²) in [5.41, 5.74) is 6.71. The summed E-state index contributed by atoms with van der Waals surface area (Å²) in [6, 6.07) is 0.481. The highest BCUT2D eigenvalue weighted by atomic mass is 14.7. The largest absolute Gasteiger partial charge is 0.327 e. The van der Waals surface area contributed by atoms with Crippen LogP contribution in [0.5, 0.6) is 0 Å². The zero-order chi connectivity index (χ0) is 9.19. The molecule has 1 nitrogen and oxygen atoms in total. The SMILES string of the molecule is CCC1CC(CC)(CC)CC1N. The maximum absolute atomic E-state index is 6.12. The second kappa shape index (κ2) is 3.78. The molecule has 0 heterocycles. The van der Waals surface area contributed by atoms with Crippen LogP contribution in [0.1, 0.15) is 52.9 Å². The van der Waals surface area contributed by atoms with Crippen LogP contribution in [0.3, 0.4) is 0 Å². The first-order valence-electron chi connectivity index (χ1n) is 5.43. The van der Waals surface area contributed by atoms with E-state index in [4.69, 9.17) is 5.73 Å². The molecule has 1 rings (SSSR count). The third-order valence-electron chi connectivity index (χ3n) is 3.99. The minimum atomic E-state index is 0.481. The predicted octanol–water partition coefficient (Wildman–Crippen LogP) is 2.94. The fraction of sp³-hybridized carbons (Fsp3) is 1.00. The summed E-state index contributed by atoms with van der Waals surface area (Å²) < 4.78 is 0. The summed E-state index contributed by atoms with van der Waals surface area (Å²) in [6.07, 6.45) is 6.53. The Bertz CT molecular complexity index is 138. The van der Waals surface area contributed by atoms with Gasteiger partial charge in [-0.25, -0.2) is 0 Å². The summed E-state index contributed by atoms with van der Waals surface area (Å²) in [7, 11) is 0. The van der Waals surface area contributed by atoms with Gasteiger partial charge in [0.05, 0.1) is 0 Å². The lowest BCUT2D eigenvalue weighted by Gasteiger charge is -2.25. The number of hydrogen-bond acceptors (Lipinski definition) is 1. The second-order valence-corrected chi connectivity index (χ2v) is 4.45. The number of rotatable bonds is 3. The smallest absolute Gasteiger partial charge is 0.00725 e. The molecule has 0 bridgehead atoms. The molecule has 1 aliphatic rings. The molecule has 1 saturated carbocycles. The van der Waals surface area contributed by atoms with Crippen LogP contribution >= 0.6 is 0 Å². The van der Waals surface area contributed by atoms with Gasteiger partial charge >= 0.3 is 0 Å². The van der Waals surface area contributed by atoms with Gasteiger partial charge in [0, 0.05) is 6.04 Å². The van der Waals surface area contributed by atoms with E-state index in [2.05, 4.69) is 20.8 Å². The van der Waals surface area contributed by atoms with Crippen LogP contribution in [-0.4, -0.2) is 6.04 Å². The topological polar surface area (TPSA) is 26.0 Å². The molecular weight excluding hydrogens is 146 g/mol. The fourth-order valence-electron chi connectivity index (χ4n) is 2.73. The Kier molecular flexibility index (Phi) is 3.16. The summed E-state index contributed by atoms with van der Waals surface area (Å²) in [5, 5.41) is 0. The fourth-order valence-corrected chi connectivity index (χ4v) is 2.73. The van der Waals surface area contributed by atoms with Crippen molar-refractivity contribution in [1.82, 2.24) is 0 Å². The molecule has 2 N–H and O–H groups in total. The van der Waals surface area contributed by atoms with Crippen LogP contribution in [0.4, 0.5) is 0 Å². The summed E-state index contributed by atoms with van der Waals surface area (Å²) in [4.78, 5) is 0. The van der Waals surface area contributed by atoms with Crippen molar-refractivity contribution in [2.45, 2.75) is 58.9 Å². The van der Waals surface area contributed by atoms with Gasteiger partial charge in [0.15, 0.2) is 0 Å². The molecule has 0 spiro atoms. The van der Waals surface area contributed by atoms with Crippen molar-refractivity contribution in [2.24, 2.45) is 17.1 Å². The van der Waals surface area contributed by atoms with Gasteiger partial charge in [-0.15, -0.1) is 0 Å². The van der Waals surface area contributed by atoms with E-state index in [-0.39, 0.29) is 0 Å². The predicted molar refractivity (Wildman–Crippen MR) is 54.0 cm³/mol. The van der Waals surface area contributed by atoms with Crippen molar-refractivity contribution < 1.29 is 0 Å². The summed E-state index contributed by atoms with van der Waals surface area (Å²) in [5.74, 6) is 0.796. The number of nitrogens with two attached hydrogens (primary N) is 1. The summed E-state index contributed by atoms with van der Waals surface area (Å²) in [6.45, 7) is 6.90. The van der Waals surface area contributed by atoms with Gasteiger partial charge in [0.25, 0.3) is 0 Å². The lowest BCUT2D eigenvalue weighted by molar-refractivity contribution is 0.258.